The largest absolute Gasteiger partial charge is 0.504 e. The first-order chi connectivity index (χ1) is 9.22. The number of phenolic OH excluding ortho intramolecular Hbond substituents is 1. The van der Waals surface area contributed by atoms with Gasteiger partial charge in [0.25, 0.3) is 0 Å². The van der Waals surface area contributed by atoms with Gasteiger partial charge in [-0.15, -0.1) is 0 Å². The molecule has 0 aliphatic carbocycles. The molecule has 0 spiro atoms. The summed E-state index contributed by atoms with van der Waals surface area (Å²) in [6, 6.07) is 5.53. The molecule has 1 unspecified atom stereocenters. The Balaban J connectivity index is 1.94. The van der Waals surface area contributed by atoms with Gasteiger partial charge in [0.2, 0.25) is 0 Å². The maximum atomic E-state index is 9.77. The van der Waals surface area contributed by atoms with Crippen molar-refractivity contribution in [1.82, 2.24) is 4.90 Å². The molecule has 0 saturated carbocycles. The van der Waals surface area contributed by atoms with Crippen LogP contribution < -0.4 is 10.5 Å². The zero-order chi connectivity index (χ0) is 13.7. The van der Waals surface area contributed by atoms with Crippen molar-refractivity contribution in [1.29, 1.82) is 0 Å². The summed E-state index contributed by atoms with van der Waals surface area (Å²) in [5, 5.41) is 9.77. The summed E-state index contributed by atoms with van der Waals surface area (Å²) >= 11 is 0. The third kappa shape index (κ3) is 3.83. The summed E-state index contributed by atoms with van der Waals surface area (Å²) in [5.74, 6) is 0.693. The van der Waals surface area contributed by atoms with Crippen LogP contribution in [0.5, 0.6) is 11.5 Å². The Bertz CT molecular complexity index is 410. The summed E-state index contributed by atoms with van der Waals surface area (Å²) in [6.45, 7) is 4.01. The number of nitrogens with zero attached hydrogens (tertiary/aromatic N) is 1. The molecule has 0 amide bonds. The molecule has 1 saturated heterocycles. The molecule has 5 nitrogen and oxygen atoms in total. The second-order valence-corrected chi connectivity index (χ2v) is 4.81. The Morgan fingerprint density at radius 2 is 2.37 bits per heavy atom. The summed E-state index contributed by atoms with van der Waals surface area (Å²) in [7, 11) is 1.55. The molecule has 3 N–H and O–H groups in total. The minimum Gasteiger partial charge on any atom is -0.504 e. The summed E-state index contributed by atoms with van der Waals surface area (Å²) in [6.07, 6.45) is 1.12. The average Bonchev–Trinajstić information content (AvgIpc) is 2.40. The predicted molar refractivity (Wildman–Crippen MR) is 73.3 cm³/mol. The van der Waals surface area contributed by atoms with E-state index < -0.39 is 0 Å². The van der Waals surface area contributed by atoms with E-state index in [-0.39, 0.29) is 11.9 Å². The molecule has 1 aromatic carbocycles. The van der Waals surface area contributed by atoms with Gasteiger partial charge < -0.3 is 20.3 Å². The highest BCUT2D eigenvalue weighted by Crippen LogP contribution is 2.27. The van der Waals surface area contributed by atoms with Gasteiger partial charge in [0.05, 0.1) is 19.8 Å². The Kier molecular flexibility index (Phi) is 5.01. The van der Waals surface area contributed by atoms with Gasteiger partial charge in [-0.1, -0.05) is 6.07 Å². The van der Waals surface area contributed by atoms with E-state index in [0.717, 1.165) is 38.2 Å². The number of rotatable bonds is 5. The van der Waals surface area contributed by atoms with E-state index in [0.29, 0.717) is 12.3 Å². The summed E-state index contributed by atoms with van der Waals surface area (Å²) < 4.78 is 10.7. The lowest BCUT2D eigenvalue weighted by molar-refractivity contribution is -0.0335. The molecule has 1 fully saturated rings. The minimum absolute atomic E-state index is 0.187. The monoisotopic (exact) mass is 266 g/mol. The molecule has 1 atom stereocenters. The maximum absolute atomic E-state index is 9.77. The number of nitrogens with two attached hydrogens (primary N) is 1. The highest BCUT2D eigenvalue weighted by atomic mass is 16.5. The normalized spacial score (nSPS) is 20.4. The molecule has 1 aliphatic heterocycles. The lowest BCUT2D eigenvalue weighted by atomic mass is 10.1. The van der Waals surface area contributed by atoms with Crippen molar-refractivity contribution >= 4 is 0 Å². The van der Waals surface area contributed by atoms with Crippen LogP contribution in [0.1, 0.15) is 12.0 Å². The number of benzene rings is 1. The van der Waals surface area contributed by atoms with Gasteiger partial charge in [0.1, 0.15) is 0 Å². The number of phenols is 1. The van der Waals surface area contributed by atoms with Gasteiger partial charge >= 0.3 is 0 Å². The molecule has 1 heterocycles. The van der Waals surface area contributed by atoms with Gasteiger partial charge in [-0.05, 0) is 30.7 Å². The van der Waals surface area contributed by atoms with Crippen molar-refractivity contribution in [2.75, 3.05) is 33.4 Å². The van der Waals surface area contributed by atoms with Gasteiger partial charge in [-0.3, -0.25) is 4.90 Å². The molecule has 2 rings (SSSR count). The van der Waals surface area contributed by atoms with Crippen LogP contribution in [0, 0.1) is 0 Å². The standard InChI is InChI=1S/C14H22N2O3/c1-18-14-3-2-11(8-13(14)17)9-16-6-7-19-12(10-16)4-5-15/h2-3,8,12,17H,4-7,9-10,15H2,1H3. The molecule has 0 bridgehead atoms. The molecule has 106 valence electrons. The Morgan fingerprint density at radius 1 is 1.53 bits per heavy atom. The van der Waals surface area contributed by atoms with Crippen molar-refractivity contribution in [2.45, 2.75) is 19.1 Å². The van der Waals surface area contributed by atoms with Gasteiger partial charge in [-0.2, -0.15) is 0 Å². The Labute approximate surface area is 113 Å². The minimum atomic E-state index is 0.187. The van der Waals surface area contributed by atoms with Crippen LogP contribution in [0.4, 0.5) is 0 Å². The fourth-order valence-electron chi connectivity index (χ4n) is 2.38. The number of ether oxygens (including phenoxy) is 2. The van der Waals surface area contributed by atoms with Crippen LogP contribution in [-0.2, 0) is 11.3 Å². The topological polar surface area (TPSA) is 68.0 Å². The first-order valence-electron chi connectivity index (χ1n) is 6.63. The Hall–Kier alpha value is -1.30. The van der Waals surface area contributed by atoms with Crippen molar-refractivity contribution in [2.24, 2.45) is 5.73 Å². The molecule has 19 heavy (non-hydrogen) atoms. The number of aromatic hydroxyl groups is 1. The van der Waals surface area contributed by atoms with E-state index >= 15 is 0 Å². The summed E-state index contributed by atoms with van der Waals surface area (Å²) in [4.78, 5) is 2.32. The second-order valence-electron chi connectivity index (χ2n) is 4.81. The molecule has 0 aromatic heterocycles. The van der Waals surface area contributed by atoms with Crippen molar-refractivity contribution in [3.8, 4) is 11.5 Å². The fraction of sp³-hybridized carbons (Fsp3) is 0.571. The first kappa shape index (κ1) is 14.1. The van der Waals surface area contributed by atoms with Crippen LogP contribution in [-0.4, -0.2) is 49.5 Å². The van der Waals surface area contributed by atoms with E-state index in [1.54, 1.807) is 19.2 Å². The van der Waals surface area contributed by atoms with Gasteiger partial charge in [0.15, 0.2) is 11.5 Å². The lowest BCUT2D eigenvalue weighted by Crippen LogP contribution is -2.42. The van der Waals surface area contributed by atoms with E-state index in [1.807, 2.05) is 6.07 Å². The van der Waals surface area contributed by atoms with Gasteiger partial charge in [0, 0.05) is 19.6 Å². The maximum Gasteiger partial charge on any atom is 0.160 e. The first-order valence-corrected chi connectivity index (χ1v) is 6.63. The summed E-state index contributed by atoms with van der Waals surface area (Å²) in [5.41, 5.74) is 6.64. The average molecular weight is 266 g/mol. The molecule has 1 aliphatic rings. The molecule has 1 aromatic rings. The lowest BCUT2D eigenvalue weighted by Gasteiger charge is -2.32. The smallest absolute Gasteiger partial charge is 0.160 e. The van der Waals surface area contributed by atoms with E-state index in [4.69, 9.17) is 15.2 Å². The zero-order valence-electron chi connectivity index (χ0n) is 11.3. The van der Waals surface area contributed by atoms with Crippen LogP contribution in [0.3, 0.4) is 0 Å². The van der Waals surface area contributed by atoms with Crippen molar-refractivity contribution in [3.63, 3.8) is 0 Å². The molecule has 5 heteroatoms. The highest BCUT2D eigenvalue weighted by molar-refractivity contribution is 5.41. The van der Waals surface area contributed by atoms with Crippen molar-refractivity contribution < 1.29 is 14.6 Å². The highest BCUT2D eigenvalue weighted by Gasteiger charge is 2.20. The third-order valence-corrected chi connectivity index (χ3v) is 3.36. The molecule has 0 radical (unpaired) electrons. The second kappa shape index (κ2) is 6.75. The predicted octanol–water partition coefficient (Wildman–Crippen LogP) is 0.950. The van der Waals surface area contributed by atoms with Crippen LogP contribution in [0.15, 0.2) is 18.2 Å². The van der Waals surface area contributed by atoms with Crippen molar-refractivity contribution in [3.05, 3.63) is 23.8 Å². The van der Waals surface area contributed by atoms with E-state index in [2.05, 4.69) is 4.90 Å². The number of methoxy groups -OCH3 is 1. The zero-order valence-corrected chi connectivity index (χ0v) is 11.3. The number of morpholine rings is 1. The third-order valence-electron chi connectivity index (χ3n) is 3.36. The Morgan fingerprint density at radius 3 is 3.05 bits per heavy atom. The van der Waals surface area contributed by atoms with Crippen LogP contribution >= 0.6 is 0 Å². The SMILES string of the molecule is COc1ccc(CN2CCOC(CCN)C2)cc1O. The van der Waals surface area contributed by atoms with E-state index in [9.17, 15) is 5.11 Å². The number of hydrogen-bond acceptors (Lipinski definition) is 5. The molecular formula is C14H22N2O3. The van der Waals surface area contributed by atoms with Gasteiger partial charge in [-0.25, -0.2) is 0 Å². The van der Waals surface area contributed by atoms with Crippen LogP contribution in [0.2, 0.25) is 0 Å². The van der Waals surface area contributed by atoms with Crippen LogP contribution in [0.25, 0.3) is 0 Å². The number of hydrogen-bond donors (Lipinski definition) is 2. The quantitative estimate of drug-likeness (QED) is 0.830. The van der Waals surface area contributed by atoms with E-state index in [1.165, 1.54) is 0 Å². The molecular weight excluding hydrogens is 244 g/mol. The fourth-order valence-corrected chi connectivity index (χ4v) is 2.38.